The summed E-state index contributed by atoms with van der Waals surface area (Å²) in [6, 6.07) is 41.3. The van der Waals surface area contributed by atoms with Gasteiger partial charge in [-0.25, -0.2) is 19.2 Å². The maximum Gasteiger partial charge on any atom is 0.343 e. The average Bonchev–Trinajstić information content (AvgIpc) is 4.09. The van der Waals surface area contributed by atoms with Gasteiger partial charge >= 0.3 is 23.9 Å². The number of carboxylic acid groups (broad SMARTS) is 4. The Morgan fingerprint density at radius 3 is 0.650 bits per heavy atom. The normalized spacial score (nSPS) is 12.4. The van der Waals surface area contributed by atoms with Gasteiger partial charge < -0.3 is 40.4 Å². The summed E-state index contributed by atoms with van der Waals surface area (Å²) in [5.41, 5.74) is 7.60. The van der Waals surface area contributed by atoms with Crippen LogP contribution in [0.3, 0.4) is 0 Å². The summed E-state index contributed by atoms with van der Waals surface area (Å²) in [7, 11) is 0. The molecule has 0 fully saturated rings. The molecular weight excluding hydrogens is 761 g/mol. The summed E-state index contributed by atoms with van der Waals surface area (Å²) in [6.07, 6.45) is 0. The van der Waals surface area contributed by atoms with E-state index in [4.69, 9.17) is 0 Å². The van der Waals surface area contributed by atoms with Crippen molar-refractivity contribution >= 4 is 23.9 Å². The minimum atomic E-state index is -1.09. The Morgan fingerprint density at radius 2 is 0.483 bits per heavy atom. The number of benzene rings is 4. The van der Waals surface area contributed by atoms with Crippen LogP contribution in [0.15, 0.2) is 146 Å². The fourth-order valence-corrected chi connectivity index (χ4v) is 7.80. The second-order valence-electron chi connectivity index (χ2n) is 14.2. The number of hydrogen-bond acceptors (Lipinski definition) is 4. The molecule has 1 aliphatic rings. The molecule has 0 aliphatic carbocycles. The molecule has 0 unspecified atom stereocenters. The lowest BCUT2D eigenvalue weighted by atomic mass is 9.91. The molecule has 5 heterocycles. The largest absolute Gasteiger partial charge is 0.477 e. The van der Waals surface area contributed by atoms with Gasteiger partial charge in [0.25, 0.3) is 0 Å². The van der Waals surface area contributed by atoms with E-state index >= 15 is 0 Å². The van der Waals surface area contributed by atoms with Crippen LogP contribution in [0.4, 0.5) is 0 Å². The Morgan fingerprint density at radius 1 is 0.300 bits per heavy atom. The van der Waals surface area contributed by atoms with Gasteiger partial charge in [0, 0.05) is 48.5 Å². The number of carbonyl (C=O) groups is 4. The lowest BCUT2D eigenvalue weighted by Gasteiger charge is -2.14. The third kappa shape index (κ3) is 6.69. The lowest BCUT2D eigenvalue weighted by molar-refractivity contribution is 0.0686. The van der Waals surface area contributed by atoms with Crippen molar-refractivity contribution in [2.75, 3.05) is 0 Å². The van der Waals surface area contributed by atoms with E-state index in [-0.39, 0.29) is 22.3 Å². The number of fused-ring (bicyclic) bond motifs is 8. The van der Waals surface area contributed by atoms with Crippen molar-refractivity contribution in [3.05, 3.63) is 259 Å². The zero-order chi connectivity index (χ0) is 41.7. The summed E-state index contributed by atoms with van der Waals surface area (Å²) < 4.78 is 0. The predicted molar refractivity (Wildman–Crippen MR) is 219 cm³/mol. The highest BCUT2D eigenvalue weighted by atomic mass is 16.4. The standard InChI is InChI=1S/C48H28N4O8/c53-45(54)29-9-1-5-25(21-29)41-33-13-15-35(49-33)42(26-6-2-10-30(22-26)46(55)56)37-17-19-39(51-37)44(28-8-4-12-32(24-28)48(59)60)40-20-18-38(52-40)43(36-16-14-34(41)50-36)27-7-3-11-31(23-27)47(57)58/h1-24,49-52H/p+4. The van der Waals surface area contributed by atoms with Crippen molar-refractivity contribution in [2.45, 2.75) is 0 Å². The second-order valence-corrected chi connectivity index (χ2v) is 14.2. The van der Waals surface area contributed by atoms with Crippen LogP contribution in [-0.2, 0) is 0 Å². The van der Waals surface area contributed by atoms with Crippen LogP contribution in [0, 0.1) is 23.7 Å². The number of aromatic nitrogens is 4. The van der Waals surface area contributed by atoms with Crippen molar-refractivity contribution in [3.63, 3.8) is 0 Å². The molecule has 60 heavy (non-hydrogen) atoms. The van der Waals surface area contributed by atoms with Gasteiger partial charge in [0.1, 0.15) is 69.2 Å². The number of hydrogen-bond donors (Lipinski definition) is 8. The number of nitrogens with one attached hydrogen (secondary N) is 4. The highest BCUT2D eigenvalue weighted by Crippen LogP contribution is 2.40. The number of rotatable bonds is 8. The highest BCUT2D eigenvalue weighted by molar-refractivity contribution is 5.90. The minimum Gasteiger partial charge on any atom is -0.477 e. The van der Waals surface area contributed by atoms with Crippen LogP contribution in [0.25, 0.3) is 0 Å². The van der Waals surface area contributed by atoms with Gasteiger partial charge in [-0.05, 0) is 48.5 Å². The van der Waals surface area contributed by atoms with Crippen LogP contribution in [0.1, 0.15) is 109 Å². The Kier molecular flexibility index (Phi) is 9.06. The molecule has 0 spiro atoms. The van der Waals surface area contributed by atoms with Gasteiger partial charge in [-0.3, -0.25) is 0 Å². The van der Waals surface area contributed by atoms with Crippen molar-refractivity contribution in [2.24, 2.45) is 0 Å². The van der Waals surface area contributed by atoms with Gasteiger partial charge in [0.15, 0.2) is 0 Å². The maximum absolute atomic E-state index is 12.2. The molecule has 8 bridgehead atoms. The van der Waals surface area contributed by atoms with E-state index in [1.165, 1.54) is 24.3 Å². The first-order valence-electron chi connectivity index (χ1n) is 18.6. The Bertz CT molecular complexity index is 2490. The van der Waals surface area contributed by atoms with Crippen LogP contribution in [0.5, 0.6) is 0 Å². The van der Waals surface area contributed by atoms with E-state index < -0.39 is 23.9 Å². The first-order chi connectivity index (χ1) is 29.0. The molecule has 8 aromatic rings. The fourth-order valence-electron chi connectivity index (χ4n) is 7.80. The molecule has 8 N–H and O–H groups in total. The number of aromatic amines is 4. The van der Waals surface area contributed by atoms with Crippen LogP contribution in [0.2, 0.25) is 0 Å². The van der Waals surface area contributed by atoms with E-state index in [0.717, 1.165) is 0 Å². The maximum atomic E-state index is 12.2. The minimum absolute atomic E-state index is 0.0833. The van der Waals surface area contributed by atoms with Crippen LogP contribution >= 0.6 is 0 Å². The average molecular weight is 793 g/mol. The summed E-state index contributed by atoms with van der Waals surface area (Å²) in [6.45, 7) is 0. The zero-order valence-corrected chi connectivity index (χ0v) is 31.3. The molecule has 0 radical (unpaired) electrons. The molecule has 4 aromatic heterocycles. The Labute approximate surface area is 341 Å². The van der Waals surface area contributed by atoms with Crippen molar-refractivity contribution < 1.29 is 39.6 Å². The van der Waals surface area contributed by atoms with E-state index in [2.05, 4.69) is 19.9 Å². The van der Waals surface area contributed by atoms with Gasteiger partial charge in [0.2, 0.25) is 0 Å². The molecule has 4 aromatic carbocycles. The molecule has 9 rings (SSSR count). The Balaban J connectivity index is 1.32. The Hall–Kier alpha value is -8.64. The number of aromatic carboxylic acids is 4. The first kappa shape index (κ1) is 37.0. The first-order valence-corrected chi connectivity index (χ1v) is 18.6. The fraction of sp³-hybridized carbons (Fsp3) is 0. The molecule has 0 atom stereocenters. The number of carboxylic acids is 4. The summed E-state index contributed by atoms with van der Waals surface area (Å²) >= 11 is 0. The third-order valence-corrected chi connectivity index (χ3v) is 10.5. The lowest BCUT2D eigenvalue weighted by Crippen LogP contribution is -2.13. The summed E-state index contributed by atoms with van der Waals surface area (Å²) in [5.74, 6) is -1.84. The van der Waals surface area contributed by atoms with Gasteiger partial charge in [-0.1, -0.05) is 0 Å². The number of H-pyrrole nitrogens is 4. The summed E-state index contributed by atoms with van der Waals surface area (Å²) in [5, 5.41) is 39.9. The van der Waals surface area contributed by atoms with Gasteiger partial charge in [0.05, 0.1) is 93.0 Å². The van der Waals surface area contributed by atoms with Crippen molar-refractivity contribution in [3.8, 4) is 0 Å². The highest BCUT2D eigenvalue weighted by Gasteiger charge is 2.38. The molecule has 288 valence electrons. The molecular formula is C48H32N4O8+4. The predicted octanol–water partition coefficient (Wildman–Crippen LogP) is 8.18. The van der Waals surface area contributed by atoms with Crippen LogP contribution < -0.4 is 0 Å². The van der Waals surface area contributed by atoms with E-state index in [9.17, 15) is 39.6 Å². The zero-order valence-electron chi connectivity index (χ0n) is 31.3. The van der Waals surface area contributed by atoms with Gasteiger partial charge in [-0.15, -0.1) is 0 Å². The smallest absolute Gasteiger partial charge is 0.343 e. The van der Waals surface area contributed by atoms with Crippen molar-refractivity contribution in [1.29, 1.82) is 0 Å². The monoisotopic (exact) mass is 792 g/mol. The molecule has 0 amide bonds. The molecule has 12 nitrogen and oxygen atoms in total. The molecule has 1 aliphatic heterocycles. The van der Waals surface area contributed by atoms with Crippen LogP contribution in [-0.4, -0.2) is 64.2 Å². The SMILES string of the molecule is O=C(O)c1cccc([C+]2c3ccc([nH]3)[C+](c3cccc(C(=O)O)c3)c3ccc([nH]3)[C+](c3cccc(C(=O)O)c3)c3ccc([nH]3)[C+](c3cccc(C(=O)O)c3)c3ccc2[nH]3)c1. The molecule has 0 saturated carbocycles. The second kappa shape index (κ2) is 14.7. The van der Waals surface area contributed by atoms with E-state index in [1.807, 2.05) is 72.8 Å². The third-order valence-electron chi connectivity index (χ3n) is 10.5. The van der Waals surface area contributed by atoms with E-state index in [1.54, 1.807) is 48.5 Å². The summed E-state index contributed by atoms with van der Waals surface area (Å²) in [4.78, 5) is 63.0. The van der Waals surface area contributed by atoms with Crippen molar-refractivity contribution in [1.82, 2.24) is 19.9 Å². The molecule has 0 saturated heterocycles. The van der Waals surface area contributed by atoms with Gasteiger partial charge in [-0.2, -0.15) is 0 Å². The quantitative estimate of drug-likeness (QED) is 0.0701. The topological polar surface area (TPSA) is 212 Å². The molecule has 12 heteroatoms. The van der Waals surface area contributed by atoms with E-state index in [0.29, 0.717) is 91.5 Å².